The molecule has 4 heterocycles. The lowest BCUT2D eigenvalue weighted by Gasteiger charge is -2.05. The topological polar surface area (TPSA) is 38.7 Å². The minimum Gasteiger partial charge on any atom is -0.255 e. The molecule has 4 aromatic heterocycles. The van der Waals surface area contributed by atoms with Gasteiger partial charge in [0.25, 0.3) is 0 Å². The molecule has 4 heteroatoms. The van der Waals surface area contributed by atoms with Gasteiger partial charge >= 0.3 is 0 Å². The van der Waals surface area contributed by atoms with Gasteiger partial charge in [-0.25, -0.2) is 0 Å². The second-order valence-electron chi connectivity index (χ2n) is 5.40. The first-order valence-electron chi connectivity index (χ1n) is 7.37. The highest BCUT2D eigenvalue weighted by Crippen LogP contribution is 2.38. The first-order chi connectivity index (χ1) is 11.4. The lowest BCUT2D eigenvalue weighted by molar-refractivity contribution is 1.31. The van der Waals surface area contributed by atoms with Crippen molar-refractivity contribution in [2.45, 2.75) is 0 Å². The van der Waals surface area contributed by atoms with E-state index in [0.29, 0.717) is 0 Å². The van der Waals surface area contributed by atoms with Crippen LogP contribution in [0.3, 0.4) is 0 Å². The van der Waals surface area contributed by atoms with Crippen molar-refractivity contribution < 1.29 is 0 Å². The number of hydrogen-bond donors (Lipinski definition) is 0. The third-order valence-electron chi connectivity index (χ3n) is 4.02. The molecule has 0 unspecified atom stereocenters. The molecule has 0 saturated carbocycles. The molecule has 23 heavy (non-hydrogen) atoms. The molecule has 0 aliphatic carbocycles. The van der Waals surface area contributed by atoms with Crippen molar-refractivity contribution in [1.82, 2.24) is 15.0 Å². The summed E-state index contributed by atoms with van der Waals surface area (Å²) in [5.41, 5.74) is 4.05. The van der Waals surface area contributed by atoms with E-state index >= 15 is 0 Å². The van der Waals surface area contributed by atoms with Crippen molar-refractivity contribution in [2.75, 3.05) is 0 Å². The van der Waals surface area contributed by atoms with E-state index in [-0.39, 0.29) is 0 Å². The average Bonchev–Trinajstić information content (AvgIpc) is 3.00. The van der Waals surface area contributed by atoms with E-state index in [4.69, 9.17) is 0 Å². The van der Waals surface area contributed by atoms with E-state index in [0.717, 1.165) is 27.7 Å². The summed E-state index contributed by atoms with van der Waals surface area (Å²) in [6.07, 6.45) is 5.48. The standard InChI is InChI=1S/C19H11N3S/c1-5-13(14-10-12-4-2-8-20-15(12)11-22-14)18-16(6-1)23-17-7-3-9-21-19(17)18/h1-11H. The van der Waals surface area contributed by atoms with Crippen LogP contribution in [0.15, 0.2) is 67.1 Å². The normalized spacial score (nSPS) is 11.5. The second-order valence-corrected chi connectivity index (χ2v) is 6.48. The third kappa shape index (κ3) is 1.92. The molecular weight excluding hydrogens is 302 g/mol. The number of hydrogen-bond acceptors (Lipinski definition) is 4. The Bertz CT molecular complexity index is 1180. The number of nitrogens with zero attached hydrogens (tertiary/aromatic N) is 3. The lowest BCUT2D eigenvalue weighted by Crippen LogP contribution is -1.87. The van der Waals surface area contributed by atoms with Crippen LogP contribution < -0.4 is 0 Å². The minimum atomic E-state index is 0.914. The van der Waals surface area contributed by atoms with Crippen molar-refractivity contribution in [1.29, 1.82) is 0 Å². The van der Waals surface area contributed by atoms with Gasteiger partial charge in [-0.05, 0) is 30.3 Å². The Morgan fingerprint density at radius 3 is 2.65 bits per heavy atom. The maximum absolute atomic E-state index is 4.63. The van der Waals surface area contributed by atoms with Crippen LogP contribution in [0.1, 0.15) is 0 Å². The van der Waals surface area contributed by atoms with Crippen LogP contribution in [-0.2, 0) is 0 Å². The molecule has 0 amide bonds. The molecule has 0 radical (unpaired) electrons. The monoisotopic (exact) mass is 313 g/mol. The number of thiophene rings is 1. The number of benzene rings is 1. The van der Waals surface area contributed by atoms with E-state index in [1.54, 1.807) is 17.5 Å². The Kier molecular flexibility index (Phi) is 2.66. The van der Waals surface area contributed by atoms with Crippen molar-refractivity contribution in [3.63, 3.8) is 0 Å². The fraction of sp³-hybridized carbons (Fsp3) is 0. The van der Waals surface area contributed by atoms with Gasteiger partial charge in [0.15, 0.2) is 0 Å². The fourth-order valence-electron chi connectivity index (χ4n) is 2.98. The van der Waals surface area contributed by atoms with Crippen molar-refractivity contribution >= 4 is 42.5 Å². The maximum Gasteiger partial charge on any atom is 0.0895 e. The van der Waals surface area contributed by atoms with E-state index in [9.17, 15) is 0 Å². The number of pyridine rings is 3. The van der Waals surface area contributed by atoms with Crippen LogP contribution in [0.5, 0.6) is 0 Å². The second kappa shape index (κ2) is 4.83. The quantitative estimate of drug-likeness (QED) is 0.434. The molecule has 3 nitrogen and oxygen atoms in total. The summed E-state index contributed by atoms with van der Waals surface area (Å²) in [4.78, 5) is 13.6. The molecule has 0 N–H and O–H groups in total. The van der Waals surface area contributed by atoms with Crippen LogP contribution in [0, 0.1) is 0 Å². The summed E-state index contributed by atoms with van der Waals surface area (Å²) >= 11 is 1.77. The zero-order chi connectivity index (χ0) is 15.2. The molecule has 0 atom stereocenters. The zero-order valence-electron chi connectivity index (χ0n) is 12.1. The highest BCUT2D eigenvalue weighted by Gasteiger charge is 2.12. The summed E-state index contributed by atoms with van der Waals surface area (Å²) in [7, 11) is 0. The van der Waals surface area contributed by atoms with Gasteiger partial charge in [-0.3, -0.25) is 15.0 Å². The van der Waals surface area contributed by atoms with Gasteiger partial charge in [-0.2, -0.15) is 0 Å². The molecule has 1 aromatic carbocycles. The Balaban J connectivity index is 1.87. The largest absolute Gasteiger partial charge is 0.255 e. The molecule has 0 fully saturated rings. The number of rotatable bonds is 1. The van der Waals surface area contributed by atoms with E-state index in [2.05, 4.69) is 51.4 Å². The summed E-state index contributed by atoms with van der Waals surface area (Å²) < 4.78 is 2.45. The first-order valence-corrected chi connectivity index (χ1v) is 8.19. The summed E-state index contributed by atoms with van der Waals surface area (Å²) in [6.45, 7) is 0. The summed E-state index contributed by atoms with van der Waals surface area (Å²) in [6, 6.07) is 16.6. The SMILES string of the molecule is c1cnc2cnc(-c3cccc4sc5cccnc5c34)cc2c1. The molecule has 5 aromatic rings. The van der Waals surface area contributed by atoms with E-state index in [1.807, 2.05) is 24.5 Å². The molecular formula is C19H11N3S. The molecule has 0 spiro atoms. The van der Waals surface area contributed by atoms with Gasteiger partial charge < -0.3 is 0 Å². The highest BCUT2D eigenvalue weighted by atomic mass is 32.1. The smallest absolute Gasteiger partial charge is 0.0895 e. The van der Waals surface area contributed by atoms with Crippen molar-refractivity contribution in [3.05, 3.63) is 67.1 Å². The lowest BCUT2D eigenvalue weighted by atomic mass is 10.0. The van der Waals surface area contributed by atoms with E-state index in [1.165, 1.54) is 14.8 Å². The van der Waals surface area contributed by atoms with Gasteiger partial charge in [0.05, 0.1) is 27.6 Å². The summed E-state index contributed by atoms with van der Waals surface area (Å²) in [5, 5.41) is 2.28. The van der Waals surface area contributed by atoms with Crippen LogP contribution in [-0.4, -0.2) is 15.0 Å². The predicted molar refractivity (Wildman–Crippen MR) is 95.7 cm³/mol. The average molecular weight is 313 g/mol. The van der Waals surface area contributed by atoms with Crippen LogP contribution >= 0.6 is 11.3 Å². The Hall–Kier alpha value is -2.85. The van der Waals surface area contributed by atoms with Gasteiger partial charge in [0.2, 0.25) is 0 Å². The van der Waals surface area contributed by atoms with Crippen LogP contribution in [0.2, 0.25) is 0 Å². The Labute approximate surface area is 136 Å². The zero-order valence-corrected chi connectivity index (χ0v) is 12.9. The van der Waals surface area contributed by atoms with Gasteiger partial charge in [0, 0.05) is 33.4 Å². The molecule has 0 aliphatic rings. The van der Waals surface area contributed by atoms with Gasteiger partial charge in [-0.1, -0.05) is 18.2 Å². The van der Waals surface area contributed by atoms with E-state index < -0.39 is 0 Å². The van der Waals surface area contributed by atoms with Crippen LogP contribution in [0.25, 0.3) is 42.5 Å². The molecule has 0 aliphatic heterocycles. The minimum absolute atomic E-state index is 0.914. The third-order valence-corrected chi connectivity index (χ3v) is 5.13. The van der Waals surface area contributed by atoms with Crippen molar-refractivity contribution in [2.24, 2.45) is 0 Å². The first kappa shape index (κ1) is 12.7. The maximum atomic E-state index is 4.63. The van der Waals surface area contributed by atoms with Crippen LogP contribution in [0.4, 0.5) is 0 Å². The van der Waals surface area contributed by atoms with Gasteiger partial charge in [0.1, 0.15) is 0 Å². The molecule has 0 saturated heterocycles. The fourth-order valence-corrected chi connectivity index (χ4v) is 4.07. The molecule has 108 valence electrons. The predicted octanol–water partition coefficient (Wildman–Crippen LogP) is 5.06. The van der Waals surface area contributed by atoms with Gasteiger partial charge in [-0.15, -0.1) is 11.3 Å². The number of aromatic nitrogens is 3. The van der Waals surface area contributed by atoms with Crippen molar-refractivity contribution in [3.8, 4) is 11.3 Å². The highest BCUT2D eigenvalue weighted by molar-refractivity contribution is 7.25. The molecule has 0 bridgehead atoms. The number of fused-ring (bicyclic) bond motifs is 4. The Morgan fingerprint density at radius 2 is 1.65 bits per heavy atom. The Morgan fingerprint density at radius 1 is 0.783 bits per heavy atom. The molecule has 5 rings (SSSR count). The summed E-state index contributed by atoms with van der Waals surface area (Å²) in [5.74, 6) is 0.